The number of aromatic amines is 1. The zero-order chi connectivity index (χ0) is 23.8. The highest BCUT2D eigenvalue weighted by atomic mass is 19.4. The molecule has 5 nitrogen and oxygen atoms in total. The molecule has 1 heterocycles. The fraction of sp³-hybridized carbons (Fsp3) is 0.160. The predicted octanol–water partition coefficient (Wildman–Crippen LogP) is 6.11. The van der Waals surface area contributed by atoms with Gasteiger partial charge in [-0.1, -0.05) is 24.3 Å². The summed E-state index contributed by atoms with van der Waals surface area (Å²) in [5, 5.41) is 0.685. The molecule has 8 heteroatoms. The number of halogens is 3. The molecular formula is C25H20F3NO4. The monoisotopic (exact) mass is 455 g/mol. The van der Waals surface area contributed by atoms with Crippen LogP contribution in [0.25, 0.3) is 22.0 Å². The molecule has 0 saturated heterocycles. The van der Waals surface area contributed by atoms with Gasteiger partial charge in [-0.2, -0.15) is 13.2 Å². The Hall–Kier alpha value is -3.94. The third-order valence-electron chi connectivity index (χ3n) is 5.40. The van der Waals surface area contributed by atoms with Gasteiger partial charge in [0.05, 0.1) is 26.9 Å². The summed E-state index contributed by atoms with van der Waals surface area (Å²) in [6.45, 7) is 0. The second kappa shape index (κ2) is 8.54. The van der Waals surface area contributed by atoms with Gasteiger partial charge in [-0.05, 0) is 41.5 Å². The molecule has 1 N–H and O–H groups in total. The molecule has 3 aromatic carbocycles. The van der Waals surface area contributed by atoms with Crippen molar-refractivity contribution >= 4 is 16.7 Å². The van der Waals surface area contributed by atoms with Gasteiger partial charge in [0.1, 0.15) is 0 Å². The van der Waals surface area contributed by atoms with E-state index in [2.05, 4.69) is 4.98 Å². The number of rotatable bonds is 6. The molecule has 0 aliphatic rings. The number of alkyl halides is 3. The van der Waals surface area contributed by atoms with E-state index < -0.39 is 11.7 Å². The normalized spacial score (nSPS) is 11.5. The predicted molar refractivity (Wildman–Crippen MR) is 118 cm³/mol. The lowest BCUT2D eigenvalue weighted by atomic mass is 9.99. The number of H-pyrrole nitrogens is 1. The van der Waals surface area contributed by atoms with E-state index in [4.69, 9.17) is 14.2 Å². The van der Waals surface area contributed by atoms with Crippen LogP contribution >= 0.6 is 0 Å². The standard InChI is InChI=1S/C25H20F3NO4/c1-31-21-11-16(12-22(32-2)24(21)33-3)23(30)19-13-29-20-10-15(6-9-18(19)20)14-4-7-17(8-5-14)25(26,27)28/h4-13,29H,1-3H3. The van der Waals surface area contributed by atoms with E-state index in [0.29, 0.717) is 44.8 Å². The van der Waals surface area contributed by atoms with Gasteiger partial charge in [-0.25, -0.2) is 0 Å². The zero-order valence-corrected chi connectivity index (χ0v) is 18.0. The van der Waals surface area contributed by atoms with Crippen molar-refractivity contribution in [1.29, 1.82) is 0 Å². The van der Waals surface area contributed by atoms with Gasteiger partial charge in [-0.15, -0.1) is 0 Å². The van der Waals surface area contributed by atoms with Crippen molar-refractivity contribution in [2.45, 2.75) is 6.18 Å². The van der Waals surface area contributed by atoms with E-state index in [1.807, 2.05) is 0 Å². The fourth-order valence-corrected chi connectivity index (χ4v) is 3.71. The second-order valence-corrected chi connectivity index (χ2v) is 7.28. The Bertz CT molecular complexity index is 1300. The van der Waals surface area contributed by atoms with Crippen LogP contribution in [0, 0.1) is 0 Å². The van der Waals surface area contributed by atoms with Crippen LogP contribution in [0.3, 0.4) is 0 Å². The summed E-state index contributed by atoms with van der Waals surface area (Å²) in [6, 6.07) is 13.4. The van der Waals surface area contributed by atoms with E-state index in [-0.39, 0.29) is 5.78 Å². The third-order valence-corrected chi connectivity index (χ3v) is 5.40. The number of benzene rings is 3. The lowest BCUT2D eigenvalue weighted by Gasteiger charge is -2.13. The number of carbonyl (C=O) groups excluding carboxylic acids is 1. The number of fused-ring (bicyclic) bond motifs is 1. The van der Waals surface area contributed by atoms with Crippen molar-refractivity contribution < 1.29 is 32.2 Å². The first kappa shape index (κ1) is 22.3. The number of hydrogen-bond donors (Lipinski definition) is 1. The first-order valence-electron chi connectivity index (χ1n) is 9.90. The maximum absolute atomic E-state index is 13.3. The van der Waals surface area contributed by atoms with Crippen LogP contribution < -0.4 is 14.2 Å². The molecule has 0 aliphatic heterocycles. The minimum Gasteiger partial charge on any atom is -0.493 e. The van der Waals surface area contributed by atoms with Gasteiger partial charge < -0.3 is 19.2 Å². The summed E-state index contributed by atoms with van der Waals surface area (Å²) in [7, 11) is 4.43. The molecule has 0 amide bonds. The number of ketones is 1. The molecule has 170 valence electrons. The molecule has 1 aromatic heterocycles. The molecule has 0 fully saturated rings. The van der Waals surface area contributed by atoms with Crippen molar-refractivity contribution in [3.05, 3.63) is 77.5 Å². The van der Waals surface area contributed by atoms with Crippen LogP contribution in [0.15, 0.2) is 60.8 Å². The molecule has 0 unspecified atom stereocenters. The fourth-order valence-electron chi connectivity index (χ4n) is 3.71. The van der Waals surface area contributed by atoms with E-state index >= 15 is 0 Å². The summed E-state index contributed by atoms with van der Waals surface area (Å²) in [5.74, 6) is 0.869. The Morgan fingerprint density at radius 1 is 0.818 bits per heavy atom. The average molecular weight is 455 g/mol. The highest BCUT2D eigenvalue weighted by molar-refractivity contribution is 6.17. The van der Waals surface area contributed by atoms with E-state index in [9.17, 15) is 18.0 Å². The molecule has 4 rings (SSSR count). The first-order valence-corrected chi connectivity index (χ1v) is 9.90. The topological polar surface area (TPSA) is 60.6 Å². The van der Waals surface area contributed by atoms with Crippen molar-refractivity contribution in [2.75, 3.05) is 21.3 Å². The smallest absolute Gasteiger partial charge is 0.416 e. The van der Waals surface area contributed by atoms with Crippen LogP contribution in [0.1, 0.15) is 21.5 Å². The largest absolute Gasteiger partial charge is 0.493 e. The van der Waals surface area contributed by atoms with Crippen molar-refractivity contribution in [3.63, 3.8) is 0 Å². The minimum atomic E-state index is -4.38. The summed E-state index contributed by atoms with van der Waals surface area (Å²) >= 11 is 0. The number of hydrogen-bond acceptors (Lipinski definition) is 4. The minimum absolute atomic E-state index is 0.247. The van der Waals surface area contributed by atoms with Crippen LogP contribution in [0.5, 0.6) is 17.2 Å². The van der Waals surface area contributed by atoms with E-state index in [0.717, 1.165) is 17.7 Å². The molecule has 0 radical (unpaired) electrons. The zero-order valence-electron chi connectivity index (χ0n) is 18.0. The van der Waals surface area contributed by atoms with E-state index in [1.54, 1.807) is 36.5 Å². The molecule has 0 bridgehead atoms. The second-order valence-electron chi connectivity index (χ2n) is 7.28. The number of carbonyl (C=O) groups is 1. The molecular weight excluding hydrogens is 435 g/mol. The van der Waals surface area contributed by atoms with Crippen LogP contribution in [-0.4, -0.2) is 32.1 Å². The average Bonchev–Trinajstić information content (AvgIpc) is 3.25. The van der Waals surface area contributed by atoms with Crippen LogP contribution in [-0.2, 0) is 6.18 Å². The summed E-state index contributed by atoms with van der Waals surface area (Å²) in [5.41, 5.74) is 2.14. The quantitative estimate of drug-likeness (QED) is 0.357. The first-order chi connectivity index (χ1) is 15.8. The Balaban J connectivity index is 1.70. The summed E-state index contributed by atoms with van der Waals surface area (Å²) in [6.07, 6.45) is -2.78. The molecule has 0 spiro atoms. The van der Waals surface area contributed by atoms with Gasteiger partial charge in [0, 0.05) is 28.2 Å². The number of nitrogens with one attached hydrogen (secondary N) is 1. The lowest BCUT2D eigenvalue weighted by molar-refractivity contribution is -0.137. The van der Waals surface area contributed by atoms with Gasteiger partial charge in [0.25, 0.3) is 0 Å². The molecule has 0 atom stereocenters. The van der Waals surface area contributed by atoms with Crippen LogP contribution in [0.4, 0.5) is 13.2 Å². The van der Waals surface area contributed by atoms with E-state index in [1.165, 1.54) is 33.5 Å². The Labute approximate surface area is 187 Å². The van der Waals surface area contributed by atoms with Crippen molar-refractivity contribution in [3.8, 4) is 28.4 Å². The number of methoxy groups -OCH3 is 3. The molecule has 33 heavy (non-hydrogen) atoms. The summed E-state index contributed by atoms with van der Waals surface area (Å²) < 4.78 is 54.5. The Morgan fingerprint density at radius 2 is 1.42 bits per heavy atom. The highest BCUT2D eigenvalue weighted by Gasteiger charge is 2.30. The SMILES string of the molecule is COc1cc(C(=O)c2c[nH]c3cc(-c4ccc(C(F)(F)F)cc4)ccc23)cc(OC)c1OC. The van der Waals surface area contributed by atoms with Gasteiger partial charge >= 0.3 is 6.18 Å². The van der Waals surface area contributed by atoms with Gasteiger partial charge in [0.2, 0.25) is 5.75 Å². The molecule has 0 aliphatic carbocycles. The van der Waals surface area contributed by atoms with Crippen LogP contribution in [0.2, 0.25) is 0 Å². The number of ether oxygens (including phenoxy) is 3. The number of aromatic nitrogens is 1. The maximum Gasteiger partial charge on any atom is 0.416 e. The summed E-state index contributed by atoms with van der Waals surface area (Å²) in [4.78, 5) is 16.3. The maximum atomic E-state index is 13.3. The third kappa shape index (κ3) is 4.11. The Morgan fingerprint density at radius 3 is 1.97 bits per heavy atom. The lowest BCUT2D eigenvalue weighted by Crippen LogP contribution is -2.04. The highest BCUT2D eigenvalue weighted by Crippen LogP contribution is 2.39. The molecule has 4 aromatic rings. The Kier molecular flexibility index (Phi) is 5.76. The van der Waals surface area contributed by atoms with Gasteiger partial charge in [0.15, 0.2) is 17.3 Å². The molecule has 0 saturated carbocycles. The van der Waals surface area contributed by atoms with Crippen molar-refractivity contribution in [2.24, 2.45) is 0 Å². The van der Waals surface area contributed by atoms with Crippen molar-refractivity contribution in [1.82, 2.24) is 4.98 Å². The van der Waals surface area contributed by atoms with Gasteiger partial charge in [-0.3, -0.25) is 4.79 Å².